The standard InChI is InChI=1S/C17H17N3O2/c21-16-12-5-1-2-6-13(12)17(22)20(16)15-8-4-3-7-14(15)19-10-9-18-11-19/h1-2,5-6,9-11,14-15H,3-4,7-8H2/t14-,15+/m0/s1. The van der Waals surface area contributed by atoms with Gasteiger partial charge in [-0.1, -0.05) is 25.0 Å². The Morgan fingerprint density at radius 3 is 2.18 bits per heavy atom. The number of aromatic nitrogens is 2. The maximum atomic E-state index is 12.7. The van der Waals surface area contributed by atoms with Crippen molar-refractivity contribution in [2.75, 3.05) is 0 Å². The maximum absolute atomic E-state index is 12.7. The first-order valence-electron chi connectivity index (χ1n) is 7.72. The number of carbonyl (C=O) groups is 2. The van der Waals surface area contributed by atoms with Crippen molar-refractivity contribution in [1.82, 2.24) is 14.5 Å². The summed E-state index contributed by atoms with van der Waals surface area (Å²) in [5.74, 6) is -0.310. The van der Waals surface area contributed by atoms with Gasteiger partial charge in [0.2, 0.25) is 0 Å². The molecule has 0 unspecified atom stereocenters. The van der Waals surface area contributed by atoms with Gasteiger partial charge in [-0.3, -0.25) is 14.5 Å². The molecule has 5 nitrogen and oxygen atoms in total. The summed E-state index contributed by atoms with van der Waals surface area (Å²) in [5, 5.41) is 0. The molecular weight excluding hydrogens is 278 g/mol. The van der Waals surface area contributed by atoms with Gasteiger partial charge < -0.3 is 4.57 Å². The summed E-state index contributed by atoms with van der Waals surface area (Å²) in [6.07, 6.45) is 9.42. The topological polar surface area (TPSA) is 55.2 Å². The average Bonchev–Trinajstić information content (AvgIpc) is 3.16. The number of hydrogen-bond acceptors (Lipinski definition) is 3. The molecule has 1 fully saturated rings. The van der Waals surface area contributed by atoms with Crippen molar-refractivity contribution < 1.29 is 9.59 Å². The highest BCUT2D eigenvalue weighted by molar-refractivity contribution is 6.21. The van der Waals surface area contributed by atoms with Crippen LogP contribution in [0.2, 0.25) is 0 Å². The van der Waals surface area contributed by atoms with E-state index >= 15 is 0 Å². The molecule has 2 heterocycles. The van der Waals surface area contributed by atoms with E-state index in [1.165, 1.54) is 4.90 Å². The first-order chi connectivity index (χ1) is 10.8. The summed E-state index contributed by atoms with van der Waals surface area (Å²) in [6, 6.07) is 7.13. The van der Waals surface area contributed by atoms with Crippen LogP contribution in [0.1, 0.15) is 52.4 Å². The molecule has 1 aliphatic heterocycles. The van der Waals surface area contributed by atoms with Crippen LogP contribution in [-0.4, -0.2) is 32.3 Å². The lowest BCUT2D eigenvalue weighted by molar-refractivity contribution is 0.0481. The molecule has 0 spiro atoms. The largest absolute Gasteiger partial charge is 0.332 e. The van der Waals surface area contributed by atoms with Gasteiger partial charge in [-0.05, 0) is 25.0 Å². The Kier molecular flexibility index (Phi) is 3.06. The average molecular weight is 295 g/mol. The van der Waals surface area contributed by atoms with E-state index in [9.17, 15) is 9.59 Å². The van der Waals surface area contributed by atoms with Gasteiger partial charge in [0.05, 0.1) is 29.5 Å². The van der Waals surface area contributed by atoms with Crippen LogP contribution in [0.3, 0.4) is 0 Å². The number of nitrogens with zero attached hydrogens (tertiary/aromatic N) is 3. The summed E-state index contributed by atoms with van der Waals surface area (Å²) in [7, 11) is 0. The molecule has 22 heavy (non-hydrogen) atoms. The minimum absolute atomic E-state index is 0.0876. The summed E-state index contributed by atoms with van der Waals surface area (Å²) in [4.78, 5) is 31.0. The third kappa shape index (κ3) is 1.89. The maximum Gasteiger partial charge on any atom is 0.261 e. The second-order valence-corrected chi connectivity index (χ2v) is 5.95. The highest BCUT2D eigenvalue weighted by Crippen LogP contribution is 2.36. The lowest BCUT2D eigenvalue weighted by Gasteiger charge is -2.37. The molecule has 1 aromatic heterocycles. The van der Waals surface area contributed by atoms with Crippen LogP contribution in [0.25, 0.3) is 0 Å². The predicted molar refractivity (Wildman–Crippen MR) is 80.5 cm³/mol. The van der Waals surface area contributed by atoms with Gasteiger partial charge in [-0.25, -0.2) is 4.98 Å². The molecule has 112 valence electrons. The molecule has 0 radical (unpaired) electrons. The number of fused-ring (bicyclic) bond motifs is 1. The fourth-order valence-corrected chi connectivity index (χ4v) is 3.72. The SMILES string of the molecule is O=C1c2ccccc2C(=O)N1[C@@H]1CCCC[C@@H]1n1ccnc1. The number of imidazole rings is 1. The molecule has 5 heteroatoms. The minimum Gasteiger partial charge on any atom is -0.332 e. The van der Waals surface area contributed by atoms with Crippen LogP contribution >= 0.6 is 0 Å². The van der Waals surface area contributed by atoms with Crippen LogP contribution in [-0.2, 0) is 0 Å². The van der Waals surface area contributed by atoms with Gasteiger partial charge >= 0.3 is 0 Å². The molecule has 2 aliphatic rings. The Bertz CT molecular complexity index is 688. The van der Waals surface area contributed by atoms with E-state index in [0.29, 0.717) is 11.1 Å². The van der Waals surface area contributed by atoms with Crippen molar-refractivity contribution in [3.8, 4) is 0 Å². The van der Waals surface area contributed by atoms with Gasteiger partial charge in [0, 0.05) is 12.4 Å². The lowest BCUT2D eigenvalue weighted by atomic mass is 9.89. The van der Waals surface area contributed by atoms with Gasteiger partial charge in [-0.2, -0.15) is 0 Å². The molecule has 1 aromatic carbocycles. The summed E-state index contributed by atoms with van der Waals surface area (Å²) in [6.45, 7) is 0. The fourth-order valence-electron chi connectivity index (χ4n) is 3.72. The molecule has 2 amide bonds. The van der Waals surface area contributed by atoms with Crippen molar-refractivity contribution in [2.45, 2.75) is 37.8 Å². The lowest BCUT2D eigenvalue weighted by Crippen LogP contribution is -2.46. The van der Waals surface area contributed by atoms with E-state index in [-0.39, 0.29) is 23.9 Å². The molecule has 0 saturated heterocycles. The monoisotopic (exact) mass is 295 g/mol. The highest BCUT2D eigenvalue weighted by Gasteiger charge is 2.43. The number of rotatable bonds is 2. The molecule has 1 saturated carbocycles. The molecule has 0 N–H and O–H groups in total. The molecule has 2 atom stereocenters. The Hall–Kier alpha value is -2.43. The predicted octanol–water partition coefficient (Wildman–Crippen LogP) is 2.66. The van der Waals surface area contributed by atoms with Crippen LogP contribution in [0.5, 0.6) is 0 Å². The number of hydrogen-bond donors (Lipinski definition) is 0. The van der Waals surface area contributed by atoms with E-state index in [2.05, 4.69) is 4.98 Å². The van der Waals surface area contributed by atoms with Crippen molar-refractivity contribution in [3.63, 3.8) is 0 Å². The first kappa shape index (κ1) is 13.2. The first-order valence-corrected chi connectivity index (χ1v) is 7.72. The summed E-state index contributed by atoms with van der Waals surface area (Å²) in [5.41, 5.74) is 1.06. The molecule has 2 aromatic rings. The van der Waals surface area contributed by atoms with E-state index in [4.69, 9.17) is 0 Å². The summed E-state index contributed by atoms with van der Waals surface area (Å²) < 4.78 is 2.04. The second kappa shape index (κ2) is 5.09. The number of imide groups is 1. The smallest absolute Gasteiger partial charge is 0.261 e. The van der Waals surface area contributed by atoms with Gasteiger partial charge in [0.25, 0.3) is 11.8 Å². The van der Waals surface area contributed by atoms with Crippen molar-refractivity contribution in [2.24, 2.45) is 0 Å². The highest BCUT2D eigenvalue weighted by atomic mass is 16.2. The number of benzene rings is 1. The van der Waals surface area contributed by atoms with Crippen LogP contribution in [0, 0.1) is 0 Å². The van der Waals surface area contributed by atoms with E-state index in [0.717, 1.165) is 25.7 Å². The minimum atomic E-state index is -0.155. The van der Waals surface area contributed by atoms with Gasteiger partial charge in [-0.15, -0.1) is 0 Å². The molecule has 4 rings (SSSR count). The molecule has 1 aliphatic carbocycles. The Morgan fingerprint density at radius 2 is 1.59 bits per heavy atom. The zero-order valence-electron chi connectivity index (χ0n) is 12.2. The number of amides is 2. The quantitative estimate of drug-likeness (QED) is 0.800. The van der Waals surface area contributed by atoms with Crippen LogP contribution in [0.4, 0.5) is 0 Å². The van der Waals surface area contributed by atoms with Crippen molar-refractivity contribution >= 4 is 11.8 Å². The van der Waals surface area contributed by atoms with Crippen LogP contribution < -0.4 is 0 Å². The van der Waals surface area contributed by atoms with Crippen LogP contribution in [0.15, 0.2) is 43.0 Å². The molecular formula is C17H17N3O2. The van der Waals surface area contributed by atoms with Crippen molar-refractivity contribution in [1.29, 1.82) is 0 Å². The van der Waals surface area contributed by atoms with Gasteiger partial charge in [0.15, 0.2) is 0 Å². The zero-order valence-corrected chi connectivity index (χ0v) is 12.2. The fraction of sp³-hybridized carbons (Fsp3) is 0.353. The Labute approximate surface area is 128 Å². The Balaban J connectivity index is 1.72. The zero-order chi connectivity index (χ0) is 15.1. The molecule has 0 bridgehead atoms. The third-order valence-electron chi connectivity index (χ3n) is 4.76. The van der Waals surface area contributed by atoms with E-state index < -0.39 is 0 Å². The van der Waals surface area contributed by atoms with Gasteiger partial charge in [0.1, 0.15) is 0 Å². The van der Waals surface area contributed by atoms with E-state index in [1.807, 2.05) is 22.9 Å². The Morgan fingerprint density at radius 1 is 0.955 bits per heavy atom. The normalized spacial score (nSPS) is 24.6. The third-order valence-corrected chi connectivity index (χ3v) is 4.76. The second-order valence-electron chi connectivity index (χ2n) is 5.95. The summed E-state index contributed by atoms with van der Waals surface area (Å²) >= 11 is 0. The number of carbonyl (C=O) groups excluding carboxylic acids is 2. The van der Waals surface area contributed by atoms with Crippen molar-refractivity contribution in [3.05, 3.63) is 54.1 Å². The van der Waals surface area contributed by atoms with E-state index in [1.54, 1.807) is 24.7 Å².